The molecule has 2 aromatic rings. The van der Waals surface area contributed by atoms with E-state index in [2.05, 4.69) is 26.0 Å². The fraction of sp³-hybridized carbons (Fsp3) is 0. The number of halogens is 1. The largest absolute Gasteiger partial charge is 0.391 e. The number of aromatic nitrogens is 3. The second-order valence-electron chi connectivity index (χ2n) is 2.68. The average molecular weight is 269 g/mol. The van der Waals surface area contributed by atoms with Crippen LogP contribution in [0, 0.1) is 10.1 Å². The fourth-order valence-corrected chi connectivity index (χ4v) is 1.54. The maximum atomic E-state index is 10.5. The highest BCUT2D eigenvalue weighted by atomic mass is 79.9. The highest BCUT2D eigenvalue weighted by molar-refractivity contribution is 9.10. The van der Waals surface area contributed by atoms with Crippen LogP contribution in [0.2, 0.25) is 0 Å². The van der Waals surface area contributed by atoms with Gasteiger partial charge < -0.3 is 10.1 Å². The van der Waals surface area contributed by atoms with Crippen molar-refractivity contribution in [3.8, 4) is 5.82 Å². The van der Waals surface area contributed by atoms with Crippen molar-refractivity contribution in [1.82, 2.24) is 14.8 Å². The zero-order chi connectivity index (χ0) is 10.8. The van der Waals surface area contributed by atoms with Gasteiger partial charge in [-0.25, -0.2) is 4.98 Å². The first-order chi connectivity index (χ1) is 7.18. The summed E-state index contributed by atoms with van der Waals surface area (Å²) in [5.74, 6) is 0.310. The van der Waals surface area contributed by atoms with Crippen molar-refractivity contribution >= 4 is 21.7 Å². The van der Waals surface area contributed by atoms with Crippen molar-refractivity contribution in [3.05, 3.63) is 45.2 Å². The molecule has 76 valence electrons. The monoisotopic (exact) mass is 268 g/mol. The van der Waals surface area contributed by atoms with Crippen LogP contribution >= 0.6 is 15.9 Å². The molecule has 0 saturated carbocycles. The number of nitro groups is 1. The van der Waals surface area contributed by atoms with Crippen molar-refractivity contribution in [2.24, 2.45) is 0 Å². The minimum absolute atomic E-state index is 0.215. The number of hydrogen-bond donors (Lipinski definition) is 0. The summed E-state index contributed by atoms with van der Waals surface area (Å²) in [6, 6.07) is 6.58. The maximum absolute atomic E-state index is 10.5. The molecule has 15 heavy (non-hydrogen) atoms. The van der Waals surface area contributed by atoms with E-state index in [1.807, 2.05) is 0 Å². The summed E-state index contributed by atoms with van der Waals surface area (Å²) in [4.78, 5) is 14.0. The lowest BCUT2D eigenvalue weighted by atomic mass is 10.5. The molecule has 0 aliphatic heterocycles. The predicted octanol–water partition coefficient (Wildman–Crippen LogP) is 1.94. The van der Waals surface area contributed by atoms with Crippen molar-refractivity contribution in [3.63, 3.8) is 0 Å². The van der Waals surface area contributed by atoms with Gasteiger partial charge in [0.15, 0.2) is 5.82 Å². The van der Waals surface area contributed by atoms with E-state index in [-0.39, 0.29) is 5.82 Å². The van der Waals surface area contributed by atoms with Crippen LogP contribution in [0.1, 0.15) is 0 Å². The van der Waals surface area contributed by atoms with E-state index in [1.54, 1.807) is 24.4 Å². The van der Waals surface area contributed by atoms with Gasteiger partial charge in [0.1, 0.15) is 4.60 Å². The van der Waals surface area contributed by atoms with Gasteiger partial charge >= 0.3 is 5.82 Å². The molecule has 0 fully saturated rings. The van der Waals surface area contributed by atoms with Gasteiger partial charge in [-0.3, -0.25) is 0 Å². The molecule has 0 bridgehead atoms. The number of nitrogens with zero attached hydrogens (tertiary/aromatic N) is 4. The second-order valence-corrected chi connectivity index (χ2v) is 3.49. The van der Waals surface area contributed by atoms with Gasteiger partial charge in [-0.1, -0.05) is 6.07 Å². The highest BCUT2D eigenvalue weighted by Crippen LogP contribution is 2.20. The lowest BCUT2D eigenvalue weighted by Gasteiger charge is -1.94. The molecular formula is C8H5BrN4O2. The highest BCUT2D eigenvalue weighted by Gasteiger charge is 2.17. The van der Waals surface area contributed by atoms with Crippen molar-refractivity contribution in [2.75, 3.05) is 0 Å². The molecule has 0 spiro atoms. The van der Waals surface area contributed by atoms with E-state index in [1.165, 1.54) is 10.7 Å². The number of hydrogen-bond acceptors (Lipinski definition) is 4. The molecule has 0 aromatic carbocycles. The van der Waals surface area contributed by atoms with E-state index in [9.17, 15) is 10.1 Å². The molecule has 0 unspecified atom stereocenters. The average Bonchev–Trinajstić information content (AvgIpc) is 2.62. The van der Waals surface area contributed by atoms with E-state index < -0.39 is 4.92 Å². The lowest BCUT2D eigenvalue weighted by molar-refractivity contribution is -0.389. The first-order valence-corrected chi connectivity index (χ1v) is 4.79. The Kier molecular flexibility index (Phi) is 2.46. The molecule has 2 heterocycles. The molecule has 2 rings (SSSR count). The number of pyridine rings is 1. The SMILES string of the molecule is O=[N+]([O-])c1cc(Br)n(-c2ccccn2)n1. The minimum Gasteiger partial charge on any atom is -0.358 e. The van der Waals surface area contributed by atoms with Crippen LogP contribution in [-0.2, 0) is 0 Å². The van der Waals surface area contributed by atoms with Gasteiger partial charge in [-0.15, -0.1) is 4.68 Å². The van der Waals surface area contributed by atoms with E-state index >= 15 is 0 Å². The van der Waals surface area contributed by atoms with Crippen LogP contribution in [-0.4, -0.2) is 19.7 Å². The maximum Gasteiger partial charge on any atom is 0.391 e. The third-order valence-electron chi connectivity index (χ3n) is 1.71. The Morgan fingerprint density at radius 3 is 2.80 bits per heavy atom. The van der Waals surface area contributed by atoms with Crippen LogP contribution in [0.3, 0.4) is 0 Å². The zero-order valence-electron chi connectivity index (χ0n) is 7.37. The summed E-state index contributed by atoms with van der Waals surface area (Å²) in [5.41, 5.74) is 0. The quantitative estimate of drug-likeness (QED) is 0.616. The molecule has 0 radical (unpaired) electrons. The summed E-state index contributed by atoms with van der Waals surface area (Å²) >= 11 is 3.18. The Morgan fingerprint density at radius 2 is 2.27 bits per heavy atom. The molecule has 0 atom stereocenters. The minimum atomic E-state index is -0.551. The normalized spacial score (nSPS) is 10.2. The topological polar surface area (TPSA) is 73.8 Å². The van der Waals surface area contributed by atoms with Gasteiger partial charge in [-0.05, 0) is 33.0 Å². The summed E-state index contributed by atoms with van der Waals surface area (Å²) < 4.78 is 1.85. The Bertz CT molecular complexity index is 497. The van der Waals surface area contributed by atoms with E-state index in [0.29, 0.717) is 10.4 Å². The van der Waals surface area contributed by atoms with Crippen LogP contribution < -0.4 is 0 Å². The Labute approximate surface area is 92.8 Å². The molecule has 0 amide bonds. The smallest absolute Gasteiger partial charge is 0.358 e. The summed E-state index contributed by atoms with van der Waals surface area (Å²) in [6.07, 6.45) is 1.59. The van der Waals surface area contributed by atoms with Crippen LogP contribution in [0.5, 0.6) is 0 Å². The standard InChI is InChI=1S/C8H5BrN4O2/c9-6-5-8(13(14)15)11-12(6)7-3-1-2-4-10-7/h1-5H. The Morgan fingerprint density at radius 1 is 1.47 bits per heavy atom. The van der Waals surface area contributed by atoms with Gasteiger partial charge in [0.2, 0.25) is 0 Å². The molecule has 7 heteroatoms. The molecule has 2 aromatic heterocycles. The van der Waals surface area contributed by atoms with E-state index in [0.717, 1.165) is 0 Å². The molecule has 6 nitrogen and oxygen atoms in total. The summed E-state index contributed by atoms with van der Waals surface area (Å²) in [5, 5.41) is 14.3. The van der Waals surface area contributed by atoms with Gasteiger partial charge in [-0.2, -0.15) is 0 Å². The molecule has 0 aliphatic rings. The van der Waals surface area contributed by atoms with Crippen LogP contribution in [0.15, 0.2) is 35.1 Å². The van der Waals surface area contributed by atoms with E-state index in [4.69, 9.17) is 0 Å². The van der Waals surface area contributed by atoms with Gasteiger partial charge in [0.05, 0.1) is 11.2 Å². The summed E-state index contributed by atoms with van der Waals surface area (Å²) in [7, 11) is 0. The fourth-order valence-electron chi connectivity index (χ4n) is 1.08. The first-order valence-electron chi connectivity index (χ1n) is 4.00. The lowest BCUT2D eigenvalue weighted by Crippen LogP contribution is -1.99. The van der Waals surface area contributed by atoms with Gasteiger partial charge in [0, 0.05) is 6.20 Å². The second kappa shape index (κ2) is 3.77. The van der Waals surface area contributed by atoms with Crippen molar-refractivity contribution in [1.29, 1.82) is 0 Å². The predicted molar refractivity (Wildman–Crippen MR) is 55.7 cm³/mol. The van der Waals surface area contributed by atoms with Crippen molar-refractivity contribution in [2.45, 2.75) is 0 Å². The van der Waals surface area contributed by atoms with Gasteiger partial charge in [0.25, 0.3) is 0 Å². The van der Waals surface area contributed by atoms with Crippen LogP contribution in [0.25, 0.3) is 5.82 Å². The molecule has 0 N–H and O–H groups in total. The Balaban J connectivity index is 2.50. The molecular weight excluding hydrogens is 264 g/mol. The third kappa shape index (κ3) is 1.86. The number of rotatable bonds is 2. The molecule has 0 saturated heterocycles. The Hall–Kier alpha value is -1.76. The third-order valence-corrected chi connectivity index (χ3v) is 2.27. The van der Waals surface area contributed by atoms with Crippen molar-refractivity contribution < 1.29 is 4.92 Å². The first kappa shape index (κ1) is 9.78. The molecule has 0 aliphatic carbocycles. The summed E-state index contributed by atoms with van der Waals surface area (Å²) in [6.45, 7) is 0. The van der Waals surface area contributed by atoms with Crippen LogP contribution in [0.4, 0.5) is 5.82 Å². The zero-order valence-corrected chi connectivity index (χ0v) is 8.96.